The highest BCUT2D eigenvalue weighted by Gasteiger charge is 2.25. The molecule has 1 unspecified atom stereocenters. The van der Waals surface area contributed by atoms with Gasteiger partial charge < -0.3 is 15.3 Å². The summed E-state index contributed by atoms with van der Waals surface area (Å²) in [6.07, 6.45) is 5.63. The quantitative estimate of drug-likeness (QED) is 0.700. The van der Waals surface area contributed by atoms with Gasteiger partial charge in [0, 0.05) is 25.4 Å². The first-order valence-corrected chi connectivity index (χ1v) is 9.28. The van der Waals surface area contributed by atoms with Gasteiger partial charge in [-0.05, 0) is 37.5 Å². The summed E-state index contributed by atoms with van der Waals surface area (Å²) in [5.41, 5.74) is 3.17. The van der Waals surface area contributed by atoms with E-state index in [1.165, 1.54) is 0 Å². The fourth-order valence-corrected chi connectivity index (χ4v) is 3.55. The fraction of sp³-hybridized carbons (Fsp3) is 0.350. The average molecular weight is 364 g/mol. The van der Waals surface area contributed by atoms with E-state index in [0.717, 1.165) is 48.0 Å². The van der Waals surface area contributed by atoms with Crippen LogP contribution in [0.25, 0.3) is 5.69 Å². The summed E-state index contributed by atoms with van der Waals surface area (Å²) in [4.78, 5) is 10.9. The number of nitrogens with one attached hydrogen (secondary N) is 1. The zero-order valence-corrected chi connectivity index (χ0v) is 15.4. The maximum Gasteiger partial charge on any atom is 0.134 e. The molecule has 0 bridgehead atoms. The van der Waals surface area contributed by atoms with Gasteiger partial charge in [-0.3, -0.25) is 0 Å². The molecule has 1 fully saturated rings. The number of aliphatic hydroxyl groups is 1. The molecule has 7 nitrogen and oxygen atoms in total. The maximum atomic E-state index is 9.55. The molecular formula is C20H24N6O. The van der Waals surface area contributed by atoms with Crippen molar-refractivity contribution >= 4 is 11.6 Å². The van der Waals surface area contributed by atoms with Crippen LogP contribution in [0, 0.1) is 6.92 Å². The molecule has 1 aliphatic heterocycles. The van der Waals surface area contributed by atoms with Crippen LogP contribution in [0.4, 0.5) is 11.6 Å². The van der Waals surface area contributed by atoms with Crippen LogP contribution in [0.5, 0.6) is 0 Å². The number of hydrogen-bond acceptors (Lipinski definition) is 6. The number of aryl methyl sites for hydroxylation is 1. The largest absolute Gasteiger partial charge is 0.394 e. The second-order valence-electron chi connectivity index (χ2n) is 6.82. The lowest BCUT2D eigenvalue weighted by molar-refractivity contribution is 0.266. The highest BCUT2D eigenvalue weighted by molar-refractivity contribution is 5.51. The molecule has 2 N–H and O–H groups in total. The van der Waals surface area contributed by atoms with E-state index in [9.17, 15) is 5.11 Å². The molecule has 2 aromatic heterocycles. The molecule has 0 spiro atoms. The average Bonchev–Trinajstić information content (AvgIpc) is 3.35. The molecule has 1 aromatic carbocycles. The highest BCUT2D eigenvalue weighted by Crippen LogP contribution is 2.25. The smallest absolute Gasteiger partial charge is 0.134 e. The SMILES string of the molecule is Cc1ccn(-c2ccccc2CNc2cc(N3CCCC3CO)ncn2)n1. The van der Waals surface area contributed by atoms with Crippen molar-refractivity contribution in [3.05, 3.63) is 60.2 Å². The van der Waals surface area contributed by atoms with Gasteiger partial charge in [-0.2, -0.15) is 5.10 Å². The molecule has 140 valence electrons. The molecule has 0 radical (unpaired) electrons. The van der Waals surface area contributed by atoms with E-state index in [2.05, 4.69) is 37.4 Å². The van der Waals surface area contributed by atoms with Crippen LogP contribution in [0.15, 0.2) is 48.9 Å². The third kappa shape index (κ3) is 3.78. The normalized spacial score (nSPS) is 16.7. The Balaban J connectivity index is 1.51. The minimum absolute atomic E-state index is 0.150. The number of aliphatic hydroxyl groups excluding tert-OH is 1. The van der Waals surface area contributed by atoms with Gasteiger partial charge in [0.1, 0.15) is 18.0 Å². The lowest BCUT2D eigenvalue weighted by atomic mass is 10.2. The molecule has 0 aliphatic carbocycles. The van der Waals surface area contributed by atoms with Gasteiger partial charge in [0.05, 0.1) is 24.0 Å². The molecular weight excluding hydrogens is 340 g/mol. The van der Waals surface area contributed by atoms with Crippen LogP contribution in [0.2, 0.25) is 0 Å². The fourth-order valence-electron chi connectivity index (χ4n) is 3.55. The van der Waals surface area contributed by atoms with E-state index in [1.807, 2.05) is 42.1 Å². The highest BCUT2D eigenvalue weighted by atomic mass is 16.3. The van der Waals surface area contributed by atoms with Crippen LogP contribution in [-0.4, -0.2) is 44.0 Å². The molecule has 0 saturated carbocycles. The zero-order valence-electron chi connectivity index (χ0n) is 15.4. The van der Waals surface area contributed by atoms with E-state index in [4.69, 9.17) is 0 Å². The molecule has 1 aliphatic rings. The first kappa shape index (κ1) is 17.5. The van der Waals surface area contributed by atoms with Crippen molar-refractivity contribution in [2.24, 2.45) is 0 Å². The number of hydrogen-bond donors (Lipinski definition) is 2. The standard InChI is InChI=1S/C20H24N6O/c1-15-8-10-26(24-15)18-7-3-2-5-16(18)12-21-19-11-20(23-14-22-19)25-9-4-6-17(25)13-27/h2-3,5,7-8,10-11,14,17,27H,4,6,9,12-13H2,1H3,(H,21,22,23). The van der Waals surface area contributed by atoms with Gasteiger partial charge in [0.15, 0.2) is 0 Å². The number of aromatic nitrogens is 4. The predicted molar refractivity (Wildman–Crippen MR) is 105 cm³/mol. The lowest BCUT2D eigenvalue weighted by Gasteiger charge is -2.24. The molecule has 27 heavy (non-hydrogen) atoms. The van der Waals surface area contributed by atoms with Gasteiger partial charge in [0.25, 0.3) is 0 Å². The van der Waals surface area contributed by atoms with Gasteiger partial charge in [-0.1, -0.05) is 18.2 Å². The predicted octanol–water partition coefficient (Wildman–Crippen LogP) is 2.54. The van der Waals surface area contributed by atoms with E-state index in [0.29, 0.717) is 6.54 Å². The molecule has 4 rings (SSSR count). The number of rotatable bonds is 6. The minimum Gasteiger partial charge on any atom is -0.394 e. The Morgan fingerprint density at radius 2 is 2.11 bits per heavy atom. The van der Waals surface area contributed by atoms with Crippen molar-refractivity contribution < 1.29 is 5.11 Å². The molecule has 3 heterocycles. The van der Waals surface area contributed by atoms with Crippen molar-refractivity contribution in [3.63, 3.8) is 0 Å². The summed E-state index contributed by atoms with van der Waals surface area (Å²) in [6.45, 7) is 3.69. The van der Waals surface area contributed by atoms with Crippen LogP contribution >= 0.6 is 0 Å². The summed E-state index contributed by atoms with van der Waals surface area (Å²) < 4.78 is 1.90. The van der Waals surface area contributed by atoms with Crippen molar-refractivity contribution in [1.82, 2.24) is 19.7 Å². The van der Waals surface area contributed by atoms with Crippen molar-refractivity contribution in [3.8, 4) is 5.69 Å². The Kier molecular flexibility index (Phi) is 5.02. The number of nitrogens with zero attached hydrogens (tertiary/aromatic N) is 5. The van der Waals surface area contributed by atoms with Crippen molar-refractivity contribution in [1.29, 1.82) is 0 Å². The first-order chi connectivity index (χ1) is 13.2. The number of anilines is 2. The van der Waals surface area contributed by atoms with E-state index in [1.54, 1.807) is 6.33 Å². The summed E-state index contributed by atoms with van der Waals surface area (Å²) in [6, 6.07) is 12.3. The van der Waals surface area contributed by atoms with E-state index < -0.39 is 0 Å². The van der Waals surface area contributed by atoms with Gasteiger partial charge in [0.2, 0.25) is 0 Å². The summed E-state index contributed by atoms with van der Waals surface area (Å²) in [5, 5.41) is 17.5. The third-order valence-corrected chi connectivity index (χ3v) is 4.96. The van der Waals surface area contributed by atoms with Crippen LogP contribution in [0.1, 0.15) is 24.1 Å². The third-order valence-electron chi connectivity index (χ3n) is 4.96. The molecule has 7 heteroatoms. The van der Waals surface area contributed by atoms with Crippen molar-refractivity contribution in [2.75, 3.05) is 23.4 Å². The topological polar surface area (TPSA) is 79.1 Å². The second kappa shape index (κ2) is 7.75. The summed E-state index contributed by atoms with van der Waals surface area (Å²) in [5.74, 6) is 1.63. The minimum atomic E-state index is 0.150. The Morgan fingerprint density at radius 3 is 2.93 bits per heavy atom. The van der Waals surface area contributed by atoms with Gasteiger partial charge >= 0.3 is 0 Å². The summed E-state index contributed by atoms with van der Waals surface area (Å²) in [7, 11) is 0. The van der Waals surface area contributed by atoms with Gasteiger partial charge in [-0.15, -0.1) is 0 Å². The molecule has 1 atom stereocenters. The number of benzene rings is 1. The van der Waals surface area contributed by atoms with Crippen LogP contribution in [0.3, 0.4) is 0 Å². The van der Waals surface area contributed by atoms with Crippen LogP contribution < -0.4 is 10.2 Å². The van der Waals surface area contributed by atoms with Gasteiger partial charge in [-0.25, -0.2) is 14.6 Å². The van der Waals surface area contributed by atoms with E-state index in [-0.39, 0.29) is 12.6 Å². The maximum absolute atomic E-state index is 9.55. The lowest BCUT2D eigenvalue weighted by Crippen LogP contribution is -2.32. The van der Waals surface area contributed by atoms with Crippen LogP contribution in [-0.2, 0) is 6.54 Å². The Bertz CT molecular complexity index is 909. The Hall–Kier alpha value is -2.93. The number of para-hydroxylation sites is 1. The van der Waals surface area contributed by atoms with Crippen molar-refractivity contribution in [2.45, 2.75) is 32.4 Å². The Labute approximate surface area is 158 Å². The molecule has 0 amide bonds. The Morgan fingerprint density at radius 1 is 1.22 bits per heavy atom. The molecule has 3 aromatic rings. The zero-order chi connectivity index (χ0) is 18.6. The first-order valence-electron chi connectivity index (χ1n) is 9.28. The van der Waals surface area contributed by atoms with E-state index >= 15 is 0 Å². The second-order valence-corrected chi connectivity index (χ2v) is 6.82. The summed E-state index contributed by atoms with van der Waals surface area (Å²) >= 11 is 0. The monoisotopic (exact) mass is 364 g/mol. The molecule has 1 saturated heterocycles.